The van der Waals surface area contributed by atoms with Gasteiger partial charge in [-0.05, 0) is 24.6 Å². The average molecular weight is 405 g/mol. The maximum absolute atomic E-state index is 12.2. The van der Waals surface area contributed by atoms with Crippen LogP contribution < -0.4 is 5.32 Å². The number of thioether (sulfide) groups is 1. The molecule has 142 valence electrons. The lowest BCUT2D eigenvalue weighted by Gasteiger charge is -2.22. The van der Waals surface area contributed by atoms with Crippen LogP contribution in [-0.4, -0.2) is 41.5 Å². The van der Waals surface area contributed by atoms with Gasteiger partial charge in [0.05, 0.1) is 5.75 Å². The van der Waals surface area contributed by atoms with Crippen molar-refractivity contribution in [2.24, 2.45) is 0 Å². The molecule has 2 aromatic rings. The van der Waals surface area contributed by atoms with Gasteiger partial charge < -0.3 is 15.0 Å². The third kappa shape index (κ3) is 5.33. The van der Waals surface area contributed by atoms with Crippen LogP contribution in [0.2, 0.25) is 0 Å². The SMILES string of the molecule is Cc1ccc(C2SCC(=O)N2CC(=O)NCC(=O)OCc2ccccc2)s1. The highest BCUT2D eigenvalue weighted by Gasteiger charge is 2.34. The number of amides is 2. The van der Waals surface area contributed by atoms with Crippen LogP contribution in [-0.2, 0) is 25.7 Å². The Bertz CT molecular complexity index is 822. The summed E-state index contributed by atoms with van der Waals surface area (Å²) in [7, 11) is 0. The molecular weight excluding hydrogens is 384 g/mol. The van der Waals surface area contributed by atoms with Crippen LogP contribution in [0.15, 0.2) is 42.5 Å². The molecule has 1 aromatic heterocycles. The first-order valence-electron chi connectivity index (χ1n) is 8.46. The van der Waals surface area contributed by atoms with Gasteiger partial charge in [-0.2, -0.15) is 0 Å². The van der Waals surface area contributed by atoms with Crippen molar-refractivity contribution in [2.75, 3.05) is 18.8 Å². The molecule has 2 amide bonds. The van der Waals surface area contributed by atoms with Gasteiger partial charge in [0.25, 0.3) is 0 Å². The van der Waals surface area contributed by atoms with Crippen molar-refractivity contribution >= 4 is 40.9 Å². The van der Waals surface area contributed by atoms with Gasteiger partial charge in [0.2, 0.25) is 11.8 Å². The fraction of sp³-hybridized carbons (Fsp3) is 0.316. The second-order valence-electron chi connectivity index (χ2n) is 6.06. The maximum atomic E-state index is 12.2. The number of benzene rings is 1. The van der Waals surface area contributed by atoms with Gasteiger partial charge in [-0.15, -0.1) is 23.1 Å². The van der Waals surface area contributed by atoms with Crippen LogP contribution in [0.5, 0.6) is 0 Å². The van der Waals surface area contributed by atoms with E-state index in [1.54, 1.807) is 16.2 Å². The Balaban J connectivity index is 1.46. The zero-order valence-corrected chi connectivity index (χ0v) is 16.5. The fourth-order valence-corrected chi connectivity index (χ4v) is 4.92. The van der Waals surface area contributed by atoms with E-state index in [1.807, 2.05) is 49.4 Å². The van der Waals surface area contributed by atoms with Crippen LogP contribution in [0, 0.1) is 6.92 Å². The van der Waals surface area contributed by atoms with E-state index < -0.39 is 5.97 Å². The van der Waals surface area contributed by atoms with Gasteiger partial charge in [-0.3, -0.25) is 14.4 Å². The van der Waals surface area contributed by atoms with E-state index in [1.165, 1.54) is 11.8 Å². The number of carbonyl (C=O) groups is 3. The Labute approximate surface area is 165 Å². The normalized spacial score (nSPS) is 16.4. The van der Waals surface area contributed by atoms with Crippen molar-refractivity contribution in [1.29, 1.82) is 0 Å². The number of hydrogen-bond donors (Lipinski definition) is 1. The number of rotatable bonds is 7. The molecule has 3 rings (SSSR count). The van der Waals surface area contributed by atoms with Crippen molar-refractivity contribution in [3.05, 3.63) is 57.8 Å². The summed E-state index contributed by atoms with van der Waals surface area (Å²) in [4.78, 5) is 39.9. The summed E-state index contributed by atoms with van der Waals surface area (Å²) in [6.07, 6.45) is 0. The summed E-state index contributed by atoms with van der Waals surface area (Å²) >= 11 is 3.13. The fourth-order valence-electron chi connectivity index (χ4n) is 2.62. The molecule has 0 bridgehead atoms. The highest BCUT2D eigenvalue weighted by molar-refractivity contribution is 8.00. The Hall–Kier alpha value is -2.32. The first kappa shape index (κ1) is 19.4. The largest absolute Gasteiger partial charge is 0.460 e. The van der Waals surface area contributed by atoms with Gasteiger partial charge in [0.1, 0.15) is 25.1 Å². The average Bonchev–Trinajstić information content (AvgIpc) is 3.25. The predicted octanol–water partition coefficient (Wildman–Crippen LogP) is 2.49. The zero-order chi connectivity index (χ0) is 19.2. The molecule has 1 atom stereocenters. The molecule has 2 heterocycles. The first-order chi connectivity index (χ1) is 13.0. The quantitative estimate of drug-likeness (QED) is 0.718. The number of nitrogens with one attached hydrogen (secondary N) is 1. The molecule has 1 fully saturated rings. The summed E-state index contributed by atoms with van der Waals surface area (Å²) in [6, 6.07) is 13.3. The molecular formula is C19H20N2O4S2. The van der Waals surface area contributed by atoms with E-state index in [-0.39, 0.29) is 36.9 Å². The number of ether oxygens (including phenoxy) is 1. The maximum Gasteiger partial charge on any atom is 0.325 e. The van der Waals surface area contributed by atoms with E-state index in [0.717, 1.165) is 15.3 Å². The summed E-state index contributed by atoms with van der Waals surface area (Å²) < 4.78 is 5.13. The Morgan fingerprint density at radius 3 is 2.70 bits per heavy atom. The molecule has 1 aliphatic rings. The molecule has 1 aromatic carbocycles. The zero-order valence-electron chi connectivity index (χ0n) is 14.8. The van der Waals surface area contributed by atoms with Crippen molar-refractivity contribution in [3.8, 4) is 0 Å². The number of carbonyl (C=O) groups excluding carboxylic acids is 3. The van der Waals surface area contributed by atoms with E-state index in [2.05, 4.69) is 5.32 Å². The van der Waals surface area contributed by atoms with Crippen molar-refractivity contribution in [2.45, 2.75) is 18.9 Å². The van der Waals surface area contributed by atoms with Gasteiger partial charge in [-0.1, -0.05) is 30.3 Å². The van der Waals surface area contributed by atoms with Gasteiger partial charge in [-0.25, -0.2) is 0 Å². The van der Waals surface area contributed by atoms with Crippen molar-refractivity contribution < 1.29 is 19.1 Å². The van der Waals surface area contributed by atoms with E-state index in [4.69, 9.17) is 4.74 Å². The Morgan fingerprint density at radius 2 is 2.00 bits per heavy atom. The lowest BCUT2D eigenvalue weighted by atomic mass is 10.2. The minimum atomic E-state index is -0.514. The van der Waals surface area contributed by atoms with Crippen LogP contribution in [0.4, 0.5) is 0 Å². The molecule has 1 N–H and O–H groups in total. The number of nitrogens with zero attached hydrogens (tertiary/aromatic N) is 1. The Kier molecular flexibility index (Phi) is 6.52. The van der Waals surface area contributed by atoms with E-state index >= 15 is 0 Å². The third-order valence-electron chi connectivity index (χ3n) is 3.96. The molecule has 1 saturated heterocycles. The van der Waals surface area contributed by atoms with Gasteiger partial charge in [0.15, 0.2) is 0 Å². The molecule has 6 nitrogen and oxygen atoms in total. The predicted molar refractivity (Wildman–Crippen MR) is 105 cm³/mol. The summed E-state index contributed by atoms with van der Waals surface area (Å²) in [5.41, 5.74) is 0.881. The summed E-state index contributed by atoms with van der Waals surface area (Å²) in [6.45, 7) is 1.88. The molecule has 8 heteroatoms. The van der Waals surface area contributed by atoms with Crippen molar-refractivity contribution in [1.82, 2.24) is 10.2 Å². The standard InChI is InChI=1S/C19H20N2O4S2/c1-13-7-8-15(27-13)19-21(17(23)12-26-19)10-16(22)20-9-18(24)25-11-14-5-3-2-4-6-14/h2-8,19H,9-12H2,1H3,(H,20,22). The van der Waals surface area contributed by atoms with Gasteiger partial charge in [0, 0.05) is 9.75 Å². The van der Waals surface area contributed by atoms with Crippen molar-refractivity contribution in [3.63, 3.8) is 0 Å². The second-order valence-corrected chi connectivity index (χ2v) is 8.44. The highest BCUT2D eigenvalue weighted by Crippen LogP contribution is 2.41. The van der Waals surface area contributed by atoms with Crippen LogP contribution in [0.25, 0.3) is 0 Å². The lowest BCUT2D eigenvalue weighted by Crippen LogP contribution is -2.41. The minimum Gasteiger partial charge on any atom is -0.460 e. The second kappa shape index (κ2) is 9.05. The molecule has 0 spiro atoms. The van der Waals surface area contributed by atoms with Crippen LogP contribution in [0.3, 0.4) is 0 Å². The van der Waals surface area contributed by atoms with Crippen LogP contribution in [0.1, 0.15) is 20.7 Å². The molecule has 0 radical (unpaired) electrons. The number of hydrogen-bond acceptors (Lipinski definition) is 6. The molecule has 0 saturated carbocycles. The molecule has 1 aliphatic heterocycles. The highest BCUT2D eigenvalue weighted by atomic mass is 32.2. The van der Waals surface area contributed by atoms with E-state index in [9.17, 15) is 14.4 Å². The summed E-state index contributed by atoms with van der Waals surface area (Å²) in [5.74, 6) is -0.605. The van der Waals surface area contributed by atoms with Gasteiger partial charge >= 0.3 is 5.97 Å². The summed E-state index contributed by atoms with van der Waals surface area (Å²) in [5, 5.41) is 2.38. The molecule has 27 heavy (non-hydrogen) atoms. The molecule has 0 aliphatic carbocycles. The third-order valence-corrected chi connectivity index (χ3v) is 6.40. The minimum absolute atomic E-state index is 0.0700. The monoisotopic (exact) mass is 404 g/mol. The topological polar surface area (TPSA) is 75.7 Å². The number of thiophene rings is 1. The lowest BCUT2D eigenvalue weighted by molar-refractivity contribution is -0.145. The first-order valence-corrected chi connectivity index (χ1v) is 10.3. The number of esters is 1. The Morgan fingerprint density at radius 1 is 1.22 bits per heavy atom. The van der Waals surface area contributed by atoms with E-state index in [0.29, 0.717) is 5.75 Å². The number of aryl methyl sites for hydroxylation is 1. The smallest absolute Gasteiger partial charge is 0.325 e. The van der Waals surface area contributed by atoms with Crippen LogP contribution >= 0.6 is 23.1 Å². The molecule has 1 unspecified atom stereocenters.